The van der Waals surface area contributed by atoms with Crippen molar-refractivity contribution in [1.29, 1.82) is 0 Å². The first-order chi connectivity index (χ1) is 11.2. The van der Waals surface area contributed by atoms with Crippen LogP contribution >= 0.6 is 11.6 Å². The van der Waals surface area contributed by atoms with E-state index in [4.69, 9.17) is 11.6 Å². The summed E-state index contributed by atoms with van der Waals surface area (Å²) in [5.41, 5.74) is 2.30. The number of halogens is 1. The summed E-state index contributed by atoms with van der Waals surface area (Å²) in [7, 11) is 0. The summed E-state index contributed by atoms with van der Waals surface area (Å²) < 4.78 is 0. The van der Waals surface area contributed by atoms with Gasteiger partial charge in [-0.1, -0.05) is 49.6 Å². The summed E-state index contributed by atoms with van der Waals surface area (Å²) in [6.07, 6.45) is 6.79. The Bertz CT molecular complexity index is 646. The number of anilines is 1. The van der Waals surface area contributed by atoms with Gasteiger partial charge in [0.15, 0.2) is 0 Å². The molecule has 0 aliphatic rings. The van der Waals surface area contributed by atoms with Crippen molar-refractivity contribution >= 4 is 23.2 Å². The maximum absolute atomic E-state index is 12.2. The van der Waals surface area contributed by atoms with Crippen LogP contribution in [-0.2, 0) is 6.54 Å². The van der Waals surface area contributed by atoms with Gasteiger partial charge in [-0.2, -0.15) is 0 Å². The quantitative estimate of drug-likeness (QED) is 0.710. The summed E-state index contributed by atoms with van der Waals surface area (Å²) >= 11 is 6.09. The number of benzene rings is 1. The molecule has 0 saturated heterocycles. The smallest absolute Gasteiger partial charge is 0.253 e. The van der Waals surface area contributed by atoms with Crippen molar-refractivity contribution < 1.29 is 4.79 Å². The average Bonchev–Trinajstić information content (AvgIpc) is 2.58. The largest absolute Gasteiger partial charge is 0.384 e. The van der Waals surface area contributed by atoms with Gasteiger partial charge in [0.05, 0.1) is 11.3 Å². The lowest BCUT2D eigenvalue weighted by Gasteiger charge is -2.09. The first kappa shape index (κ1) is 17.3. The fraction of sp³-hybridized carbons (Fsp3) is 0.333. The highest BCUT2D eigenvalue weighted by atomic mass is 35.5. The molecule has 1 amide bonds. The minimum atomic E-state index is -0.158. The third kappa shape index (κ3) is 5.57. The summed E-state index contributed by atoms with van der Waals surface area (Å²) in [5.74, 6) is -0.158. The summed E-state index contributed by atoms with van der Waals surface area (Å²) in [6.45, 7) is 3.46. The fourth-order valence-corrected chi connectivity index (χ4v) is 2.39. The Balaban J connectivity index is 1.90. The molecule has 5 heteroatoms. The number of nitrogens with one attached hydrogen (secondary N) is 2. The first-order valence-electron chi connectivity index (χ1n) is 7.91. The van der Waals surface area contributed by atoms with E-state index in [2.05, 4.69) is 22.5 Å². The van der Waals surface area contributed by atoms with Crippen LogP contribution in [0.4, 0.5) is 5.69 Å². The van der Waals surface area contributed by atoms with Gasteiger partial charge in [-0.25, -0.2) is 0 Å². The van der Waals surface area contributed by atoms with Crippen LogP contribution in [0.15, 0.2) is 42.7 Å². The van der Waals surface area contributed by atoms with Crippen molar-refractivity contribution in [3.05, 3.63) is 58.9 Å². The number of unbranched alkanes of at least 4 members (excludes halogenated alkanes) is 2. The van der Waals surface area contributed by atoms with Crippen LogP contribution in [0.1, 0.15) is 42.1 Å². The number of carbonyl (C=O) groups excluding carboxylic acids is 1. The molecule has 0 atom stereocenters. The zero-order chi connectivity index (χ0) is 16.5. The lowest BCUT2D eigenvalue weighted by Crippen LogP contribution is -2.23. The molecule has 0 aliphatic heterocycles. The second kappa shape index (κ2) is 9.16. The lowest BCUT2D eigenvalue weighted by molar-refractivity contribution is 0.0950. The molecule has 0 bridgehead atoms. The maximum atomic E-state index is 12.2. The van der Waals surface area contributed by atoms with Crippen LogP contribution in [0.3, 0.4) is 0 Å². The predicted octanol–water partition coefficient (Wildman–Crippen LogP) is 4.27. The van der Waals surface area contributed by atoms with Crippen molar-refractivity contribution in [2.24, 2.45) is 0 Å². The third-order valence-electron chi connectivity index (χ3n) is 3.51. The zero-order valence-corrected chi connectivity index (χ0v) is 14.1. The number of hydrogen-bond acceptors (Lipinski definition) is 3. The fourth-order valence-electron chi connectivity index (χ4n) is 2.19. The molecular weight excluding hydrogens is 310 g/mol. The monoisotopic (exact) mass is 331 g/mol. The van der Waals surface area contributed by atoms with Crippen LogP contribution in [0, 0.1) is 0 Å². The Hall–Kier alpha value is -2.07. The maximum Gasteiger partial charge on any atom is 0.253 e. The highest BCUT2D eigenvalue weighted by Gasteiger charge is 2.08. The highest BCUT2D eigenvalue weighted by molar-refractivity contribution is 6.31. The number of nitrogens with zero attached hydrogens (tertiary/aromatic N) is 1. The molecule has 23 heavy (non-hydrogen) atoms. The standard InChI is InChI=1S/C18H22ClN3O/c1-2-3-6-9-21-16-10-15(11-20-13-16)18(23)22-12-14-7-4-5-8-17(14)19/h4-5,7-8,10-11,13,21H,2-3,6,9,12H2,1H3,(H,22,23). The lowest BCUT2D eigenvalue weighted by atomic mass is 10.2. The van der Waals surface area contributed by atoms with E-state index in [1.165, 1.54) is 12.8 Å². The van der Waals surface area contributed by atoms with Crippen LogP contribution in [-0.4, -0.2) is 17.4 Å². The Morgan fingerprint density at radius 1 is 1.22 bits per heavy atom. The molecule has 0 fully saturated rings. The molecule has 2 aromatic rings. The minimum Gasteiger partial charge on any atom is -0.384 e. The number of hydrogen-bond donors (Lipinski definition) is 2. The number of pyridine rings is 1. The number of amides is 1. The zero-order valence-electron chi connectivity index (χ0n) is 13.3. The van der Waals surface area contributed by atoms with E-state index in [1.54, 1.807) is 12.4 Å². The Kier molecular flexibility index (Phi) is 6.88. The van der Waals surface area contributed by atoms with Gasteiger partial charge in [-0.05, 0) is 24.1 Å². The molecular formula is C18H22ClN3O. The molecule has 4 nitrogen and oxygen atoms in total. The van der Waals surface area contributed by atoms with E-state index in [0.29, 0.717) is 17.1 Å². The number of aromatic nitrogens is 1. The molecule has 0 spiro atoms. The van der Waals surface area contributed by atoms with Gasteiger partial charge in [0.1, 0.15) is 0 Å². The van der Waals surface area contributed by atoms with Gasteiger partial charge < -0.3 is 10.6 Å². The van der Waals surface area contributed by atoms with Crippen molar-refractivity contribution in [2.75, 3.05) is 11.9 Å². The second-order valence-electron chi connectivity index (χ2n) is 5.37. The van der Waals surface area contributed by atoms with Crippen molar-refractivity contribution in [3.8, 4) is 0 Å². The molecule has 0 unspecified atom stereocenters. The van der Waals surface area contributed by atoms with E-state index < -0.39 is 0 Å². The van der Waals surface area contributed by atoms with Crippen molar-refractivity contribution in [2.45, 2.75) is 32.7 Å². The molecule has 0 radical (unpaired) electrons. The van der Waals surface area contributed by atoms with Gasteiger partial charge in [0, 0.05) is 30.5 Å². The molecule has 2 rings (SSSR count). The molecule has 2 N–H and O–H groups in total. The van der Waals surface area contributed by atoms with Gasteiger partial charge in [0.2, 0.25) is 0 Å². The predicted molar refractivity (Wildman–Crippen MR) is 94.9 cm³/mol. The Labute approximate surface area is 142 Å². The molecule has 0 saturated carbocycles. The van der Waals surface area contributed by atoms with E-state index in [-0.39, 0.29) is 5.91 Å². The topological polar surface area (TPSA) is 54.0 Å². The van der Waals surface area contributed by atoms with Gasteiger partial charge in [-0.3, -0.25) is 9.78 Å². The Morgan fingerprint density at radius 2 is 2.04 bits per heavy atom. The summed E-state index contributed by atoms with van der Waals surface area (Å²) in [4.78, 5) is 16.4. The van der Waals surface area contributed by atoms with E-state index in [1.807, 2.05) is 30.3 Å². The first-order valence-corrected chi connectivity index (χ1v) is 8.29. The van der Waals surface area contributed by atoms with Crippen LogP contribution in [0.25, 0.3) is 0 Å². The molecule has 1 aromatic carbocycles. The van der Waals surface area contributed by atoms with E-state index in [9.17, 15) is 4.79 Å². The van der Waals surface area contributed by atoms with Gasteiger partial charge in [0.25, 0.3) is 5.91 Å². The van der Waals surface area contributed by atoms with Crippen LogP contribution in [0.2, 0.25) is 5.02 Å². The normalized spacial score (nSPS) is 10.3. The molecule has 122 valence electrons. The van der Waals surface area contributed by atoms with Crippen LogP contribution < -0.4 is 10.6 Å². The van der Waals surface area contributed by atoms with Crippen LogP contribution in [0.5, 0.6) is 0 Å². The Morgan fingerprint density at radius 3 is 2.83 bits per heavy atom. The van der Waals surface area contributed by atoms with Gasteiger partial charge in [-0.15, -0.1) is 0 Å². The van der Waals surface area contributed by atoms with Crippen molar-refractivity contribution in [3.63, 3.8) is 0 Å². The van der Waals surface area contributed by atoms with Crippen molar-refractivity contribution in [1.82, 2.24) is 10.3 Å². The molecule has 1 heterocycles. The highest BCUT2D eigenvalue weighted by Crippen LogP contribution is 2.15. The molecule has 0 aliphatic carbocycles. The van der Waals surface area contributed by atoms with E-state index in [0.717, 1.165) is 24.2 Å². The SMILES string of the molecule is CCCCCNc1cncc(C(=O)NCc2ccccc2Cl)c1. The molecule has 1 aromatic heterocycles. The third-order valence-corrected chi connectivity index (χ3v) is 3.88. The van der Waals surface area contributed by atoms with Gasteiger partial charge >= 0.3 is 0 Å². The minimum absolute atomic E-state index is 0.158. The van der Waals surface area contributed by atoms with E-state index >= 15 is 0 Å². The summed E-state index contributed by atoms with van der Waals surface area (Å²) in [5, 5.41) is 6.81. The average molecular weight is 332 g/mol. The second-order valence-corrected chi connectivity index (χ2v) is 5.78. The summed E-state index contributed by atoms with van der Waals surface area (Å²) in [6, 6.07) is 9.29. The number of carbonyl (C=O) groups is 1. The number of rotatable bonds is 8.